The summed E-state index contributed by atoms with van der Waals surface area (Å²) < 4.78 is 27.1. The normalized spacial score (nSPS) is 11.3. The summed E-state index contributed by atoms with van der Waals surface area (Å²) in [5.41, 5.74) is 6.71. The molecule has 106 valence electrons. The second-order valence-electron chi connectivity index (χ2n) is 4.04. The predicted molar refractivity (Wildman–Crippen MR) is 78.1 cm³/mol. The molecule has 8 heteroatoms. The minimum atomic E-state index is -3.77. The smallest absolute Gasteiger partial charge is 0.263 e. The van der Waals surface area contributed by atoms with Crippen molar-refractivity contribution in [1.82, 2.24) is 9.97 Å². The molecule has 2 rings (SSSR count). The number of hydrogen-bond acceptors (Lipinski definition) is 5. The quantitative estimate of drug-likeness (QED) is 0.665. The van der Waals surface area contributed by atoms with Crippen LogP contribution >= 0.6 is 11.6 Å². The van der Waals surface area contributed by atoms with Gasteiger partial charge in [-0.25, -0.2) is 13.4 Å². The molecule has 0 atom stereocenters. The summed E-state index contributed by atoms with van der Waals surface area (Å²) in [5, 5.41) is -0.0338. The summed E-state index contributed by atoms with van der Waals surface area (Å²) in [6.07, 6.45) is 1.94. The molecule has 0 aliphatic heterocycles. The van der Waals surface area contributed by atoms with Crippen LogP contribution in [0.4, 0.5) is 11.5 Å². The molecular formula is C12H13ClN4O2S. The lowest BCUT2D eigenvalue weighted by Gasteiger charge is -2.11. The molecule has 6 nitrogen and oxygen atoms in total. The Labute approximate surface area is 122 Å². The minimum Gasteiger partial charge on any atom is -0.399 e. The lowest BCUT2D eigenvalue weighted by molar-refractivity contribution is 0.600. The van der Waals surface area contributed by atoms with Gasteiger partial charge in [0.2, 0.25) is 5.28 Å². The van der Waals surface area contributed by atoms with Gasteiger partial charge in [0.15, 0.2) is 0 Å². The second-order valence-corrected chi connectivity index (χ2v) is 6.03. The van der Waals surface area contributed by atoms with Crippen LogP contribution < -0.4 is 10.5 Å². The monoisotopic (exact) mass is 312 g/mol. The summed E-state index contributed by atoms with van der Waals surface area (Å²) in [4.78, 5) is 7.62. The van der Waals surface area contributed by atoms with Crippen LogP contribution in [0.25, 0.3) is 0 Å². The summed E-state index contributed by atoms with van der Waals surface area (Å²) in [6.45, 7) is 1.87. The number of halogens is 1. The molecule has 0 aliphatic rings. The first-order valence-corrected chi connectivity index (χ1v) is 7.68. The Hall–Kier alpha value is -1.86. The molecule has 1 heterocycles. The summed E-state index contributed by atoms with van der Waals surface area (Å²) in [7, 11) is -3.77. The van der Waals surface area contributed by atoms with Crippen LogP contribution in [0.1, 0.15) is 12.5 Å². The van der Waals surface area contributed by atoms with Crippen LogP contribution in [0.3, 0.4) is 0 Å². The zero-order chi connectivity index (χ0) is 14.8. The van der Waals surface area contributed by atoms with Gasteiger partial charge >= 0.3 is 0 Å². The zero-order valence-corrected chi connectivity index (χ0v) is 12.2. The van der Waals surface area contributed by atoms with Crippen molar-refractivity contribution in [3.63, 3.8) is 0 Å². The van der Waals surface area contributed by atoms with Crippen LogP contribution in [0.5, 0.6) is 0 Å². The number of benzene rings is 1. The number of sulfonamides is 1. The number of rotatable bonds is 4. The molecule has 1 aromatic carbocycles. The predicted octanol–water partition coefficient (Wildman–Crippen LogP) is 2.08. The van der Waals surface area contributed by atoms with E-state index in [9.17, 15) is 8.42 Å². The average molecular weight is 313 g/mol. The van der Waals surface area contributed by atoms with Crippen LogP contribution in [0.2, 0.25) is 5.28 Å². The Balaban J connectivity index is 2.43. The van der Waals surface area contributed by atoms with Crippen molar-refractivity contribution in [2.24, 2.45) is 0 Å². The van der Waals surface area contributed by atoms with Gasteiger partial charge in [0.25, 0.3) is 10.0 Å². The van der Waals surface area contributed by atoms with Gasteiger partial charge in [-0.1, -0.05) is 13.0 Å². The fraction of sp³-hybridized carbons (Fsp3) is 0.167. The first kappa shape index (κ1) is 14.5. The number of aromatic nitrogens is 2. The highest BCUT2D eigenvalue weighted by Crippen LogP contribution is 2.22. The topological polar surface area (TPSA) is 98.0 Å². The van der Waals surface area contributed by atoms with Crippen LogP contribution in [-0.4, -0.2) is 18.4 Å². The second kappa shape index (κ2) is 5.64. The number of anilines is 2. The average Bonchev–Trinajstić information content (AvgIpc) is 2.38. The number of nitrogens with one attached hydrogen (secondary N) is 1. The van der Waals surface area contributed by atoms with Crippen molar-refractivity contribution in [2.45, 2.75) is 18.2 Å². The molecule has 3 N–H and O–H groups in total. The van der Waals surface area contributed by atoms with E-state index in [2.05, 4.69) is 14.7 Å². The number of nitrogens with two attached hydrogens (primary N) is 1. The highest BCUT2D eigenvalue weighted by atomic mass is 35.5. The molecule has 0 radical (unpaired) electrons. The maximum Gasteiger partial charge on any atom is 0.263 e. The van der Waals surface area contributed by atoms with E-state index in [-0.39, 0.29) is 16.0 Å². The van der Waals surface area contributed by atoms with Crippen molar-refractivity contribution in [3.05, 3.63) is 41.3 Å². The van der Waals surface area contributed by atoms with Crippen molar-refractivity contribution in [3.8, 4) is 0 Å². The van der Waals surface area contributed by atoms with Gasteiger partial charge in [-0.15, -0.1) is 0 Å². The van der Waals surface area contributed by atoms with E-state index in [4.69, 9.17) is 17.3 Å². The SMILES string of the molecule is CCc1ccc(N)cc1S(=O)(=O)Nc1ccnc(Cl)n1. The summed E-state index contributed by atoms with van der Waals surface area (Å²) in [5.74, 6) is 0.106. The number of nitrogen functional groups attached to an aromatic ring is 1. The molecule has 0 unspecified atom stereocenters. The summed E-state index contributed by atoms with van der Waals surface area (Å²) in [6, 6.07) is 6.20. The highest BCUT2D eigenvalue weighted by Gasteiger charge is 2.19. The van der Waals surface area contributed by atoms with E-state index in [0.717, 1.165) is 0 Å². The van der Waals surface area contributed by atoms with Crippen molar-refractivity contribution in [2.75, 3.05) is 10.5 Å². The van der Waals surface area contributed by atoms with E-state index < -0.39 is 10.0 Å². The lowest BCUT2D eigenvalue weighted by atomic mass is 10.1. The Morgan fingerprint density at radius 3 is 2.75 bits per heavy atom. The van der Waals surface area contributed by atoms with Crippen molar-refractivity contribution < 1.29 is 8.42 Å². The molecule has 2 aromatic rings. The maximum atomic E-state index is 12.4. The van der Waals surface area contributed by atoms with Gasteiger partial charge in [0, 0.05) is 11.9 Å². The number of hydrogen-bond donors (Lipinski definition) is 2. The molecule has 0 bridgehead atoms. The van der Waals surface area contributed by atoms with Gasteiger partial charge in [-0.05, 0) is 41.8 Å². The molecule has 0 amide bonds. The van der Waals surface area contributed by atoms with Gasteiger partial charge in [-0.3, -0.25) is 4.72 Å². The van der Waals surface area contributed by atoms with Gasteiger partial charge in [0.05, 0.1) is 4.90 Å². The fourth-order valence-corrected chi connectivity index (χ4v) is 3.19. The zero-order valence-electron chi connectivity index (χ0n) is 10.7. The van der Waals surface area contributed by atoms with E-state index >= 15 is 0 Å². The number of aryl methyl sites for hydroxylation is 1. The first-order valence-electron chi connectivity index (χ1n) is 5.82. The molecular weight excluding hydrogens is 300 g/mol. The Bertz CT molecular complexity index is 734. The third kappa shape index (κ3) is 3.17. The van der Waals surface area contributed by atoms with Crippen molar-refractivity contribution in [1.29, 1.82) is 0 Å². The van der Waals surface area contributed by atoms with Crippen molar-refractivity contribution >= 4 is 33.1 Å². The Morgan fingerprint density at radius 2 is 2.10 bits per heavy atom. The molecule has 0 aliphatic carbocycles. The van der Waals surface area contributed by atoms with Crippen LogP contribution in [-0.2, 0) is 16.4 Å². The Kier molecular flexibility index (Phi) is 4.10. The largest absolute Gasteiger partial charge is 0.399 e. The van der Waals surface area contributed by atoms with E-state index in [0.29, 0.717) is 17.7 Å². The van der Waals surface area contributed by atoms with E-state index in [1.807, 2.05) is 6.92 Å². The fourth-order valence-electron chi connectivity index (χ4n) is 1.70. The van der Waals surface area contributed by atoms with E-state index in [1.165, 1.54) is 18.3 Å². The Morgan fingerprint density at radius 1 is 1.35 bits per heavy atom. The molecule has 1 aromatic heterocycles. The highest BCUT2D eigenvalue weighted by molar-refractivity contribution is 7.92. The number of nitrogens with zero attached hydrogens (tertiary/aromatic N) is 2. The minimum absolute atomic E-state index is 0.0338. The molecule has 20 heavy (non-hydrogen) atoms. The third-order valence-electron chi connectivity index (χ3n) is 2.63. The van der Waals surface area contributed by atoms with E-state index in [1.54, 1.807) is 12.1 Å². The lowest BCUT2D eigenvalue weighted by Crippen LogP contribution is -2.16. The standard InChI is InChI=1S/C12H13ClN4O2S/c1-2-8-3-4-9(14)7-10(8)20(18,19)17-11-5-6-15-12(13)16-11/h3-7H,2,14H2,1H3,(H,15,16,17). The van der Waals surface area contributed by atoms with Gasteiger partial charge in [0.1, 0.15) is 5.82 Å². The molecule has 0 saturated carbocycles. The molecule has 0 fully saturated rings. The molecule has 0 saturated heterocycles. The first-order chi connectivity index (χ1) is 9.42. The maximum absolute atomic E-state index is 12.4. The summed E-state index contributed by atoms with van der Waals surface area (Å²) >= 11 is 5.63. The van der Waals surface area contributed by atoms with Crippen LogP contribution in [0.15, 0.2) is 35.4 Å². The van der Waals surface area contributed by atoms with Crippen LogP contribution in [0, 0.1) is 0 Å². The molecule has 0 spiro atoms. The third-order valence-corrected chi connectivity index (χ3v) is 4.25. The van der Waals surface area contributed by atoms with Gasteiger partial charge in [-0.2, -0.15) is 4.98 Å². The van der Waals surface area contributed by atoms with Gasteiger partial charge < -0.3 is 5.73 Å².